The van der Waals surface area contributed by atoms with Gasteiger partial charge < -0.3 is 10.0 Å². The van der Waals surface area contributed by atoms with E-state index >= 15 is 0 Å². The SMILES string of the molecule is CC(Cc1ccccc1F)N1CCCC(CCC(=O)O)C1. The number of carbonyl (C=O) groups is 1. The predicted molar refractivity (Wildman–Crippen MR) is 80.7 cm³/mol. The summed E-state index contributed by atoms with van der Waals surface area (Å²) in [5.41, 5.74) is 0.762. The largest absolute Gasteiger partial charge is 0.481 e. The van der Waals surface area contributed by atoms with Crippen molar-refractivity contribution >= 4 is 5.97 Å². The van der Waals surface area contributed by atoms with E-state index in [9.17, 15) is 9.18 Å². The van der Waals surface area contributed by atoms with Crippen molar-refractivity contribution in [1.82, 2.24) is 4.90 Å². The van der Waals surface area contributed by atoms with Crippen molar-refractivity contribution in [3.8, 4) is 0 Å². The van der Waals surface area contributed by atoms with Crippen molar-refractivity contribution in [2.75, 3.05) is 13.1 Å². The van der Waals surface area contributed by atoms with Crippen LogP contribution in [0.3, 0.4) is 0 Å². The zero-order valence-electron chi connectivity index (χ0n) is 12.6. The second kappa shape index (κ2) is 7.55. The van der Waals surface area contributed by atoms with Crippen LogP contribution in [0.4, 0.5) is 4.39 Å². The second-order valence-corrected chi connectivity index (χ2v) is 6.08. The molecule has 0 aromatic heterocycles. The van der Waals surface area contributed by atoms with Crippen molar-refractivity contribution in [1.29, 1.82) is 0 Å². The highest BCUT2D eigenvalue weighted by Crippen LogP contribution is 2.24. The number of likely N-dealkylation sites (tertiary alicyclic amines) is 1. The molecule has 0 amide bonds. The van der Waals surface area contributed by atoms with Crippen molar-refractivity contribution in [2.45, 2.75) is 45.1 Å². The molecule has 0 saturated carbocycles. The molecule has 1 saturated heterocycles. The number of carboxylic acids is 1. The van der Waals surface area contributed by atoms with Gasteiger partial charge in [-0.2, -0.15) is 0 Å². The van der Waals surface area contributed by atoms with Crippen LogP contribution in [0.1, 0.15) is 38.2 Å². The summed E-state index contributed by atoms with van der Waals surface area (Å²) in [5, 5.41) is 8.79. The molecule has 1 aromatic carbocycles. The summed E-state index contributed by atoms with van der Waals surface area (Å²) in [4.78, 5) is 13.1. The normalized spacial score (nSPS) is 21.1. The lowest BCUT2D eigenvalue weighted by Crippen LogP contribution is -2.42. The third-order valence-corrected chi connectivity index (χ3v) is 4.41. The second-order valence-electron chi connectivity index (χ2n) is 6.08. The van der Waals surface area contributed by atoms with E-state index in [1.54, 1.807) is 6.07 Å². The van der Waals surface area contributed by atoms with Gasteiger partial charge in [-0.3, -0.25) is 4.79 Å². The first-order chi connectivity index (χ1) is 10.1. The van der Waals surface area contributed by atoms with E-state index in [-0.39, 0.29) is 18.3 Å². The van der Waals surface area contributed by atoms with Crippen LogP contribution in [-0.2, 0) is 11.2 Å². The first-order valence-corrected chi connectivity index (χ1v) is 7.75. The van der Waals surface area contributed by atoms with Gasteiger partial charge in [0.2, 0.25) is 0 Å². The van der Waals surface area contributed by atoms with Gasteiger partial charge in [-0.25, -0.2) is 4.39 Å². The van der Waals surface area contributed by atoms with E-state index in [1.165, 1.54) is 6.07 Å². The van der Waals surface area contributed by atoms with Gasteiger partial charge in [0, 0.05) is 19.0 Å². The molecule has 0 aliphatic carbocycles. The predicted octanol–water partition coefficient (Wildman–Crippen LogP) is 3.33. The fourth-order valence-corrected chi connectivity index (χ4v) is 3.17. The maximum atomic E-state index is 13.7. The van der Waals surface area contributed by atoms with E-state index in [0.29, 0.717) is 12.3 Å². The Hall–Kier alpha value is -1.42. The van der Waals surface area contributed by atoms with Gasteiger partial charge in [-0.1, -0.05) is 18.2 Å². The monoisotopic (exact) mass is 293 g/mol. The maximum absolute atomic E-state index is 13.7. The number of halogens is 1. The Bertz CT molecular complexity index is 478. The molecule has 0 bridgehead atoms. The van der Waals surface area contributed by atoms with E-state index in [1.807, 2.05) is 12.1 Å². The first kappa shape index (κ1) is 16.0. The third-order valence-electron chi connectivity index (χ3n) is 4.41. The Morgan fingerprint density at radius 3 is 2.95 bits per heavy atom. The number of nitrogens with zero attached hydrogens (tertiary/aromatic N) is 1. The standard InChI is InChI=1S/C17H24FNO2/c1-13(11-15-6-2-3-7-16(15)18)19-10-4-5-14(12-19)8-9-17(20)21/h2-3,6-7,13-14H,4-5,8-12H2,1H3,(H,20,21). The number of carboxylic acid groups (broad SMARTS) is 1. The van der Waals surface area contributed by atoms with Crippen LogP contribution in [0.15, 0.2) is 24.3 Å². The lowest BCUT2D eigenvalue weighted by atomic mass is 9.91. The summed E-state index contributed by atoms with van der Waals surface area (Å²) in [6.07, 6.45) is 3.92. The van der Waals surface area contributed by atoms with E-state index in [2.05, 4.69) is 11.8 Å². The number of aliphatic carboxylic acids is 1. The van der Waals surface area contributed by atoms with Crippen LogP contribution < -0.4 is 0 Å². The van der Waals surface area contributed by atoms with Gasteiger partial charge in [-0.15, -0.1) is 0 Å². The average molecular weight is 293 g/mol. The van der Waals surface area contributed by atoms with Gasteiger partial charge in [0.25, 0.3) is 0 Å². The molecular weight excluding hydrogens is 269 g/mol. The molecule has 1 aliphatic heterocycles. The fraction of sp³-hybridized carbons (Fsp3) is 0.588. The van der Waals surface area contributed by atoms with E-state index < -0.39 is 5.97 Å². The number of hydrogen-bond donors (Lipinski definition) is 1. The van der Waals surface area contributed by atoms with Crippen LogP contribution in [0, 0.1) is 11.7 Å². The smallest absolute Gasteiger partial charge is 0.303 e. The Morgan fingerprint density at radius 2 is 2.24 bits per heavy atom. The summed E-state index contributed by atoms with van der Waals surface area (Å²) in [5.74, 6) is -0.395. The number of piperidine rings is 1. The highest BCUT2D eigenvalue weighted by Gasteiger charge is 2.24. The molecule has 1 aromatic rings. The van der Waals surface area contributed by atoms with Crippen LogP contribution in [0.2, 0.25) is 0 Å². The van der Waals surface area contributed by atoms with Crippen molar-refractivity contribution in [2.24, 2.45) is 5.92 Å². The molecule has 2 unspecified atom stereocenters. The maximum Gasteiger partial charge on any atom is 0.303 e. The van der Waals surface area contributed by atoms with Gasteiger partial charge in [0.05, 0.1) is 0 Å². The van der Waals surface area contributed by atoms with Gasteiger partial charge >= 0.3 is 5.97 Å². The zero-order chi connectivity index (χ0) is 15.2. The molecule has 1 N–H and O–H groups in total. The molecule has 1 fully saturated rings. The number of benzene rings is 1. The molecule has 2 rings (SSSR count). The van der Waals surface area contributed by atoms with Gasteiger partial charge in [-0.05, 0) is 56.7 Å². The lowest BCUT2D eigenvalue weighted by molar-refractivity contribution is -0.137. The summed E-state index contributed by atoms with van der Waals surface area (Å²) < 4.78 is 13.7. The Kier molecular flexibility index (Phi) is 5.74. The van der Waals surface area contributed by atoms with Gasteiger partial charge in [0.1, 0.15) is 5.82 Å². The molecule has 1 heterocycles. The molecule has 0 spiro atoms. The quantitative estimate of drug-likeness (QED) is 0.874. The number of hydrogen-bond acceptors (Lipinski definition) is 2. The van der Waals surface area contributed by atoms with Crippen molar-refractivity contribution in [3.63, 3.8) is 0 Å². The highest BCUT2D eigenvalue weighted by atomic mass is 19.1. The first-order valence-electron chi connectivity index (χ1n) is 7.75. The minimum atomic E-state index is -0.716. The lowest BCUT2D eigenvalue weighted by Gasteiger charge is -2.37. The topological polar surface area (TPSA) is 40.5 Å². The molecular formula is C17H24FNO2. The molecule has 4 heteroatoms. The Morgan fingerprint density at radius 1 is 1.48 bits per heavy atom. The van der Waals surface area contributed by atoms with Crippen LogP contribution in [-0.4, -0.2) is 35.1 Å². The Labute approximate surface area is 125 Å². The minimum Gasteiger partial charge on any atom is -0.481 e. The van der Waals surface area contributed by atoms with Crippen molar-refractivity contribution in [3.05, 3.63) is 35.6 Å². The third kappa shape index (κ3) is 4.81. The summed E-state index contributed by atoms with van der Waals surface area (Å²) >= 11 is 0. The molecule has 0 radical (unpaired) electrons. The summed E-state index contributed by atoms with van der Waals surface area (Å²) in [7, 11) is 0. The van der Waals surface area contributed by atoms with Crippen molar-refractivity contribution < 1.29 is 14.3 Å². The minimum absolute atomic E-state index is 0.135. The molecule has 21 heavy (non-hydrogen) atoms. The van der Waals surface area contributed by atoms with E-state index in [0.717, 1.165) is 37.9 Å². The summed E-state index contributed by atoms with van der Waals surface area (Å²) in [6.45, 7) is 4.09. The van der Waals surface area contributed by atoms with E-state index in [4.69, 9.17) is 5.11 Å². The van der Waals surface area contributed by atoms with Crippen LogP contribution in [0.25, 0.3) is 0 Å². The fourth-order valence-electron chi connectivity index (χ4n) is 3.17. The molecule has 1 aliphatic rings. The Balaban J connectivity index is 1.88. The van der Waals surface area contributed by atoms with Crippen LogP contribution >= 0.6 is 0 Å². The zero-order valence-corrected chi connectivity index (χ0v) is 12.6. The number of rotatable bonds is 6. The molecule has 116 valence electrons. The molecule has 3 nitrogen and oxygen atoms in total. The van der Waals surface area contributed by atoms with Gasteiger partial charge in [0.15, 0.2) is 0 Å². The molecule has 2 atom stereocenters. The highest BCUT2D eigenvalue weighted by molar-refractivity contribution is 5.66. The van der Waals surface area contributed by atoms with Crippen LogP contribution in [0.5, 0.6) is 0 Å². The average Bonchev–Trinajstić information content (AvgIpc) is 2.48. The summed E-state index contributed by atoms with van der Waals surface area (Å²) in [6, 6.07) is 7.23.